The minimum Gasteiger partial charge on any atom is -0.444 e. The van der Waals surface area contributed by atoms with Crippen molar-refractivity contribution in [2.75, 3.05) is 35.7 Å². The average molecular weight is 541 g/mol. The standard InChI is InChI=1S/C28H37FN6O2S/c1-16-6-9-19-23(30)25(38-24(19)31-16)32-18-8-10-20-17(12-18)7-11-22(33-20)35-13-21(28(5,14-29)15-35)34-26(36)37-27(2,3)4/h6-7,9,11,18,21,32H,8,10,12-15,30H2,1-5H3,(H,34,36)/t18-,21?,28?/m0/s1. The normalized spacial score (nSPS) is 23.4. The third kappa shape index (κ3) is 5.36. The highest BCUT2D eigenvalue weighted by atomic mass is 32.1. The van der Waals surface area contributed by atoms with E-state index in [0.717, 1.165) is 57.4 Å². The summed E-state index contributed by atoms with van der Waals surface area (Å²) in [6.07, 6.45) is 2.12. The number of ether oxygens (including phenoxy) is 1. The van der Waals surface area contributed by atoms with Crippen LogP contribution in [0, 0.1) is 12.3 Å². The number of nitrogens with two attached hydrogens (primary N) is 1. The van der Waals surface area contributed by atoms with E-state index in [0.29, 0.717) is 13.1 Å². The summed E-state index contributed by atoms with van der Waals surface area (Å²) in [5.74, 6) is 0.818. The van der Waals surface area contributed by atoms with Crippen molar-refractivity contribution in [2.24, 2.45) is 5.41 Å². The number of pyridine rings is 2. The molecule has 5 rings (SSSR count). The van der Waals surface area contributed by atoms with E-state index < -0.39 is 23.8 Å². The van der Waals surface area contributed by atoms with Crippen molar-refractivity contribution in [1.29, 1.82) is 0 Å². The number of hydrogen-bond donors (Lipinski definition) is 3. The molecule has 4 heterocycles. The second kappa shape index (κ2) is 9.87. The summed E-state index contributed by atoms with van der Waals surface area (Å²) < 4.78 is 19.6. The lowest BCUT2D eigenvalue weighted by molar-refractivity contribution is 0.0465. The van der Waals surface area contributed by atoms with Gasteiger partial charge in [0.25, 0.3) is 0 Å². The molecular formula is C28H37FN6O2S. The molecule has 0 aromatic carbocycles. The number of anilines is 3. The van der Waals surface area contributed by atoms with E-state index in [1.54, 1.807) is 11.3 Å². The van der Waals surface area contributed by atoms with Gasteiger partial charge in [-0.2, -0.15) is 0 Å². The van der Waals surface area contributed by atoms with Crippen molar-refractivity contribution in [3.05, 3.63) is 41.2 Å². The van der Waals surface area contributed by atoms with Crippen molar-refractivity contribution >= 4 is 44.2 Å². The summed E-state index contributed by atoms with van der Waals surface area (Å²) in [5.41, 5.74) is 9.12. The molecule has 3 atom stereocenters. The quantitative estimate of drug-likeness (QED) is 0.406. The molecule has 1 saturated heterocycles. The summed E-state index contributed by atoms with van der Waals surface area (Å²) in [4.78, 5) is 25.0. The number of thiophene rings is 1. The summed E-state index contributed by atoms with van der Waals surface area (Å²) in [7, 11) is 0. The van der Waals surface area contributed by atoms with E-state index in [4.69, 9.17) is 15.5 Å². The van der Waals surface area contributed by atoms with Gasteiger partial charge in [0.2, 0.25) is 0 Å². The zero-order chi connectivity index (χ0) is 27.2. The van der Waals surface area contributed by atoms with Crippen LogP contribution in [0.25, 0.3) is 10.2 Å². The summed E-state index contributed by atoms with van der Waals surface area (Å²) in [6, 6.07) is 8.05. The van der Waals surface area contributed by atoms with Gasteiger partial charge < -0.3 is 26.0 Å². The van der Waals surface area contributed by atoms with E-state index in [-0.39, 0.29) is 12.1 Å². The molecule has 10 heteroatoms. The van der Waals surface area contributed by atoms with E-state index >= 15 is 0 Å². The highest BCUT2D eigenvalue weighted by Gasteiger charge is 2.45. The maximum Gasteiger partial charge on any atom is 0.407 e. The predicted octanol–water partition coefficient (Wildman–Crippen LogP) is 5.24. The number of aromatic nitrogens is 2. The number of nitrogens with zero attached hydrogens (tertiary/aromatic N) is 3. The van der Waals surface area contributed by atoms with Crippen molar-refractivity contribution in [3.8, 4) is 0 Å². The van der Waals surface area contributed by atoms with Crippen LogP contribution in [0.1, 0.15) is 51.1 Å². The minimum absolute atomic E-state index is 0.260. The van der Waals surface area contributed by atoms with Crippen LogP contribution in [0.4, 0.5) is 25.7 Å². The number of nitrogens with one attached hydrogen (secondary N) is 2. The molecule has 0 saturated carbocycles. The largest absolute Gasteiger partial charge is 0.444 e. The first-order valence-corrected chi connectivity index (χ1v) is 14.0. The van der Waals surface area contributed by atoms with Crippen molar-refractivity contribution < 1.29 is 13.9 Å². The molecule has 8 nitrogen and oxygen atoms in total. The van der Waals surface area contributed by atoms with Gasteiger partial charge in [-0.15, -0.1) is 0 Å². The van der Waals surface area contributed by atoms with Crippen molar-refractivity contribution in [3.63, 3.8) is 0 Å². The average Bonchev–Trinajstić information content (AvgIpc) is 3.33. The summed E-state index contributed by atoms with van der Waals surface area (Å²) in [6.45, 7) is 9.70. The number of alkyl carbamates (subject to hydrolysis) is 1. The molecule has 0 spiro atoms. The molecule has 1 aliphatic carbocycles. The molecule has 4 N–H and O–H groups in total. The van der Waals surface area contributed by atoms with Gasteiger partial charge in [0.05, 0.1) is 18.4 Å². The Hall–Kier alpha value is -3.14. The topological polar surface area (TPSA) is 105 Å². The predicted molar refractivity (Wildman–Crippen MR) is 152 cm³/mol. The Morgan fingerprint density at radius 2 is 2.08 bits per heavy atom. The number of aryl methyl sites for hydroxylation is 2. The fraction of sp³-hybridized carbons (Fsp3) is 0.536. The lowest BCUT2D eigenvalue weighted by Gasteiger charge is -2.29. The molecule has 1 amide bonds. The molecule has 0 bridgehead atoms. The molecule has 3 aromatic heterocycles. The molecule has 0 radical (unpaired) electrons. The molecule has 1 fully saturated rings. The lowest BCUT2D eigenvalue weighted by atomic mass is 9.87. The van der Waals surface area contributed by atoms with Crippen molar-refractivity contribution in [1.82, 2.24) is 15.3 Å². The number of carbonyl (C=O) groups is 1. The van der Waals surface area contributed by atoms with Gasteiger partial charge in [-0.05, 0) is 70.7 Å². The Labute approximate surface area is 227 Å². The molecule has 1 aliphatic heterocycles. The van der Waals surface area contributed by atoms with Gasteiger partial charge >= 0.3 is 6.09 Å². The van der Waals surface area contributed by atoms with Crippen LogP contribution in [0.5, 0.6) is 0 Å². The van der Waals surface area contributed by atoms with Gasteiger partial charge in [0.15, 0.2) is 0 Å². The molecule has 204 valence electrons. The first kappa shape index (κ1) is 26.5. The Kier molecular flexibility index (Phi) is 6.87. The van der Waals surface area contributed by atoms with E-state index in [9.17, 15) is 9.18 Å². The van der Waals surface area contributed by atoms with Gasteiger partial charge in [0.1, 0.15) is 21.3 Å². The van der Waals surface area contributed by atoms with Crippen LogP contribution in [-0.4, -0.2) is 53.5 Å². The Balaban J connectivity index is 1.27. The number of amides is 1. The third-order valence-electron chi connectivity index (χ3n) is 7.43. The SMILES string of the molecule is Cc1ccc2c(N)c(N[C@H]3CCc4nc(N5CC(NC(=O)OC(C)(C)C)C(C)(CF)C5)ccc4C3)sc2n1. The number of carbonyl (C=O) groups excluding carboxylic acids is 1. The smallest absolute Gasteiger partial charge is 0.407 e. The highest BCUT2D eigenvalue weighted by molar-refractivity contribution is 7.23. The zero-order valence-electron chi connectivity index (χ0n) is 22.7. The minimum atomic E-state index is -0.721. The molecule has 3 aromatic rings. The van der Waals surface area contributed by atoms with E-state index in [1.165, 1.54) is 5.56 Å². The summed E-state index contributed by atoms with van der Waals surface area (Å²) >= 11 is 1.60. The Morgan fingerprint density at radius 1 is 1.29 bits per heavy atom. The number of fused-ring (bicyclic) bond motifs is 2. The van der Waals surface area contributed by atoms with E-state index in [2.05, 4.69) is 26.6 Å². The number of nitrogen functional groups attached to an aromatic ring is 1. The maximum absolute atomic E-state index is 14.2. The van der Waals surface area contributed by atoms with Crippen LogP contribution in [0.15, 0.2) is 24.3 Å². The van der Waals surface area contributed by atoms with Gasteiger partial charge in [0, 0.05) is 41.3 Å². The first-order valence-electron chi connectivity index (χ1n) is 13.2. The van der Waals surface area contributed by atoms with E-state index in [1.807, 2.05) is 52.8 Å². The summed E-state index contributed by atoms with van der Waals surface area (Å²) in [5, 5.41) is 8.51. The fourth-order valence-electron chi connectivity index (χ4n) is 5.31. The van der Waals surface area contributed by atoms with Gasteiger partial charge in [-0.25, -0.2) is 14.8 Å². The maximum atomic E-state index is 14.2. The second-order valence-electron chi connectivity index (χ2n) is 11.9. The molecule has 38 heavy (non-hydrogen) atoms. The highest BCUT2D eigenvalue weighted by Crippen LogP contribution is 2.39. The number of hydrogen-bond acceptors (Lipinski definition) is 8. The fourth-order valence-corrected chi connectivity index (χ4v) is 6.43. The monoisotopic (exact) mass is 540 g/mol. The van der Waals surface area contributed by atoms with Crippen LogP contribution >= 0.6 is 11.3 Å². The van der Waals surface area contributed by atoms with Crippen molar-refractivity contribution in [2.45, 2.75) is 71.6 Å². The number of halogens is 1. The lowest BCUT2D eigenvalue weighted by Crippen LogP contribution is -2.48. The zero-order valence-corrected chi connectivity index (χ0v) is 23.5. The molecule has 2 aliphatic rings. The first-order chi connectivity index (χ1) is 17.9. The van der Waals surface area contributed by atoms with Crippen LogP contribution < -0.4 is 21.3 Å². The van der Waals surface area contributed by atoms with Crippen LogP contribution in [0.2, 0.25) is 0 Å². The number of rotatable bonds is 5. The second-order valence-corrected chi connectivity index (χ2v) is 12.9. The molecular weight excluding hydrogens is 503 g/mol. The Bertz CT molecular complexity index is 1360. The van der Waals surface area contributed by atoms with Gasteiger partial charge in [-0.3, -0.25) is 4.39 Å². The third-order valence-corrected chi connectivity index (χ3v) is 8.48. The van der Waals surface area contributed by atoms with Gasteiger partial charge in [-0.1, -0.05) is 24.3 Å². The van der Waals surface area contributed by atoms with Crippen LogP contribution in [-0.2, 0) is 17.6 Å². The molecule has 2 unspecified atom stereocenters. The van der Waals surface area contributed by atoms with Crippen LogP contribution in [0.3, 0.4) is 0 Å². The number of alkyl halides is 1. The Morgan fingerprint density at radius 3 is 2.82 bits per heavy atom.